The second-order valence-electron chi connectivity index (χ2n) is 6.07. The number of methoxy groups -OCH3 is 1. The summed E-state index contributed by atoms with van der Waals surface area (Å²) in [5.41, 5.74) is 4.71. The van der Waals surface area contributed by atoms with Crippen molar-refractivity contribution in [1.29, 1.82) is 0 Å². The normalized spacial score (nSPS) is 10.8. The zero-order chi connectivity index (χ0) is 18.8. The topological polar surface area (TPSA) is 57.0 Å². The summed E-state index contributed by atoms with van der Waals surface area (Å²) in [5.74, 6) is 0.355. The van der Waals surface area contributed by atoms with E-state index in [0.717, 1.165) is 28.7 Å². The average molecular weight is 351 g/mol. The molecule has 0 radical (unpaired) electrons. The second-order valence-corrected chi connectivity index (χ2v) is 6.07. The summed E-state index contributed by atoms with van der Waals surface area (Å²) >= 11 is 0. The highest BCUT2D eigenvalue weighted by atomic mass is 16.5. The molecule has 5 nitrogen and oxygen atoms in total. The summed E-state index contributed by atoms with van der Waals surface area (Å²) in [5, 5.41) is 0. The second kappa shape index (κ2) is 7.04. The van der Waals surface area contributed by atoms with Gasteiger partial charge in [0.2, 0.25) is 0 Å². The number of carbonyl (C=O) groups excluding carboxylic acids is 2. The minimum absolute atomic E-state index is 0.263. The minimum Gasteiger partial charge on any atom is -0.496 e. The predicted molar refractivity (Wildman–Crippen MR) is 100 cm³/mol. The summed E-state index contributed by atoms with van der Waals surface area (Å²) in [6.07, 6.45) is 2.55. The van der Waals surface area contributed by atoms with Gasteiger partial charge in [0, 0.05) is 11.8 Å². The van der Waals surface area contributed by atoms with Crippen molar-refractivity contribution in [2.45, 2.75) is 20.8 Å². The van der Waals surface area contributed by atoms with E-state index in [0.29, 0.717) is 22.3 Å². The lowest BCUT2D eigenvalue weighted by atomic mass is 9.96. The number of aryl methyl sites for hydroxylation is 2. The Morgan fingerprint density at radius 2 is 1.88 bits per heavy atom. The molecule has 1 aromatic carbocycles. The lowest BCUT2D eigenvalue weighted by molar-refractivity contribution is 0.0529. The number of hydrogen-bond donors (Lipinski definition) is 0. The maximum Gasteiger partial charge on any atom is 0.340 e. The first kappa shape index (κ1) is 17.7. The number of nitrogens with zero attached hydrogens (tertiary/aromatic N) is 1. The molecule has 2 aromatic heterocycles. The fourth-order valence-corrected chi connectivity index (χ4v) is 3.47. The molecule has 0 N–H and O–H groups in total. The first-order valence-corrected chi connectivity index (χ1v) is 8.44. The Hall–Kier alpha value is -3.08. The van der Waals surface area contributed by atoms with Crippen LogP contribution in [0.2, 0.25) is 0 Å². The van der Waals surface area contributed by atoms with Gasteiger partial charge < -0.3 is 13.9 Å². The van der Waals surface area contributed by atoms with Crippen molar-refractivity contribution in [2.75, 3.05) is 13.7 Å². The van der Waals surface area contributed by atoms with Crippen LogP contribution < -0.4 is 4.74 Å². The van der Waals surface area contributed by atoms with Gasteiger partial charge in [-0.2, -0.15) is 0 Å². The van der Waals surface area contributed by atoms with Gasteiger partial charge in [-0.15, -0.1) is 0 Å². The van der Waals surface area contributed by atoms with Crippen molar-refractivity contribution in [3.05, 3.63) is 58.9 Å². The van der Waals surface area contributed by atoms with Crippen LogP contribution >= 0.6 is 0 Å². The van der Waals surface area contributed by atoms with Crippen LogP contribution in [0.3, 0.4) is 0 Å². The van der Waals surface area contributed by atoms with E-state index in [1.807, 2.05) is 44.2 Å². The van der Waals surface area contributed by atoms with Crippen molar-refractivity contribution in [2.24, 2.45) is 0 Å². The molecular weight excluding hydrogens is 330 g/mol. The Morgan fingerprint density at radius 3 is 2.46 bits per heavy atom. The molecule has 0 aliphatic carbocycles. The Morgan fingerprint density at radius 1 is 1.19 bits per heavy atom. The van der Waals surface area contributed by atoms with Crippen molar-refractivity contribution >= 4 is 17.8 Å². The standard InChI is InChI=1S/C21H21NO4/c1-5-26-21(24)19-16-8-6-7-9-22(16)17(12-23)18(19)15-10-13(2)20(25-4)14(3)11-15/h6-12H,5H2,1-4H3. The number of rotatable bonds is 5. The number of carbonyl (C=O) groups is 2. The van der Waals surface area contributed by atoms with Gasteiger partial charge in [0.1, 0.15) is 5.75 Å². The van der Waals surface area contributed by atoms with Crippen LogP contribution in [0.4, 0.5) is 0 Å². The number of aromatic nitrogens is 1. The third-order valence-electron chi connectivity index (χ3n) is 4.43. The fourth-order valence-electron chi connectivity index (χ4n) is 3.47. The van der Waals surface area contributed by atoms with E-state index in [4.69, 9.17) is 9.47 Å². The van der Waals surface area contributed by atoms with E-state index in [1.54, 1.807) is 24.6 Å². The molecule has 0 bridgehead atoms. The number of ether oxygens (including phenoxy) is 2. The zero-order valence-corrected chi connectivity index (χ0v) is 15.3. The summed E-state index contributed by atoms with van der Waals surface area (Å²) in [6, 6.07) is 9.32. The molecule has 0 atom stereocenters. The molecule has 0 aliphatic rings. The van der Waals surface area contributed by atoms with E-state index < -0.39 is 5.97 Å². The maximum atomic E-state index is 12.7. The van der Waals surface area contributed by atoms with Gasteiger partial charge in [0.15, 0.2) is 6.29 Å². The van der Waals surface area contributed by atoms with E-state index in [2.05, 4.69) is 0 Å². The fraction of sp³-hybridized carbons (Fsp3) is 0.238. The van der Waals surface area contributed by atoms with Crippen molar-refractivity contribution in [1.82, 2.24) is 4.40 Å². The van der Waals surface area contributed by atoms with Gasteiger partial charge >= 0.3 is 5.97 Å². The third-order valence-corrected chi connectivity index (χ3v) is 4.43. The Bertz CT molecular complexity index is 978. The minimum atomic E-state index is -0.439. The van der Waals surface area contributed by atoms with Crippen LogP contribution in [0, 0.1) is 13.8 Å². The highest BCUT2D eigenvalue weighted by Gasteiger charge is 2.25. The monoisotopic (exact) mass is 351 g/mol. The molecule has 0 saturated heterocycles. The lowest BCUT2D eigenvalue weighted by Crippen LogP contribution is -2.06. The molecule has 3 rings (SSSR count). The molecule has 0 spiro atoms. The molecule has 3 aromatic rings. The van der Waals surface area contributed by atoms with Gasteiger partial charge in [0.05, 0.1) is 30.5 Å². The number of aldehydes is 1. The zero-order valence-electron chi connectivity index (χ0n) is 15.3. The van der Waals surface area contributed by atoms with Crippen molar-refractivity contribution in [3.63, 3.8) is 0 Å². The van der Waals surface area contributed by atoms with Gasteiger partial charge in [-0.05, 0) is 61.7 Å². The average Bonchev–Trinajstić information content (AvgIpc) is 2.96. The molecule has 5 heteroatoms. The first-order valence-electron chi connectivity index (χ1n) is 8.44. The number of benzene rings is 1. The largest absolute Gasteiger partial charge is 0.496 e. The molecule has 0 amide bonds. The third kappa shape index (κ3) is 2.75. The highest BCUT2D eigenvalue weighted by molar-refractivity contribution is 6.09. The first-order chi connectivity index (χ1) is 12.5. The summed E-state index contributed by atoms with van der Waals surface area (Å²) in [7, 11) is 1.63. The molecule has 0 aliphatic heterocycles. The van der Waals surface area contributed by atoms with Gasteiger partial charge in [-0.25, -0.2) is 4.79 Å². The van der Waals surface area contributed by atoms with E-state index in [-0.39, 0.29) is 6.61 Å². The van der Waals surface area contributed by atoms with Crippen LogP contribution in [-0.4, -0.2) is 30.4 Å². The quantitative estimate of drug-likeness (QED) is 0.510. The van der Waals surface area contributed by atoms with Crippen LogP contribution in [0.15, 0.2) is 36.5 Å². The van der Waals surface area contributed by atoms with Crippen LogP contribution in [0.1, 0.15) is 38.9 Å². The van der Waals surface area contributed by atoms with E-state index in [9.17, 15) is 9.59 Å². The number of esters is 1. The lowest BCUT2D eigenvalue weighted by Gasteiger charge is -2.12. The highest BCUT2D eigenvalue weighted by Crippen LogP contribution is 2.36. The molecule has 26 heavy (non-hydrogen) atoms. The molecule has 0 fully saturated rings. The molecule has 0 unspecified atom stereocenters. The molecule has 134 valence electrons. The van der Waals surface area contributed by atoms with Crippen molar-refractivity contribution < 1.29 is 19.1 Å². The van der Waals surface area contributed by atoms with E-state index in [1.165, 1.54) is 0 Å². The number of hydrogen-bond acceptors (Lipinski definition) is 4. The molecule has 0 saturated carbocycles. The molecular formula is C21H21NO4. The summed E-state index contributed by atoms with van der Waals surface area (Å²) < 4.78 is 12.4. The molecule has 2 heterocycles. The van der Waals surface area contributed by atoms with E-state index >= 15 is 0 Å². The van der Waals surface area contributed by atoms with Crippen LogP contribution in [-0.2, 0) is 4.74 Å². The van der Waals surface area contributed by atoms with Crippen LogP contribution in [0.25, 0.3) is 16.6 Å². The Labute approximate surface area is 152 Å². The smallest absolute Gasteiger partial charge is 0.340 e. The van der Waals surface area contributed by atoms with Gasteiger partial charge in [0.25, 0.3) is 0 Å². The predicted octanol–water partition coefficient (Wildman–Crippen LogP) is 4.22. The summed E-state index contributed by atoms with van der Waals surface area (Å²) in [4.78, 5) is 24.6. The maximum absolute atomic E-state index is 12.7. The van der Waals surface area contributed by atoms with Crippen molar-refractivity contribution in [3.8, 4) is 16.9 Å². The summed E-state index contributed by atoms with van der Waals surface area (Å²) in [6.45, 7) is 5.91. The van der Waals surface area contributed by atoms with Crippen LogP contribution in [0.5, 0.6) is 5.75 Å². The Balaban J connectivity index is 2.40. The number of pyridine rings is 1. The van der Waals surface area contributed by atoms with Gasteiger partial charge in [-0.1, -0.05) is 6.07 Å². The number of fused-ring (bicyclic) bond motifs is 1. The SMILES string of the molecule is CCOC(=O)c1c(-c2cc(C)c(OC)c(C)c2)c(C=O)n2ccccc12. The van der Waals surface area contributed by atoms with Gasteiger partial charge in [-0.3, -0.25) is 4.79 Å². The Kier molecular flexibility index (Phi) is 4.80.